The van der Waals surface area contributed by atoms with Gasteiger partial charge in [0, 0.05) is 30.8 Å². The summed E-state index contributed by atoms with van der Waals surface area (Å²) in [5.74, 6) is -0.104. The fraction of sp³-hybridized carbons (Fsp3) is 0.556. The number of hydrogen-bond donors (Lipinski definition) is 1. The molecule has 0 saturated heterocycles. The predicted octanol–water partition coefficient (Wildman–Crippen LogP) is 3.48. The molecular weight excluding hydrogens is 276 g/mol. The summed E-state index contributed by atoms with van der Waals surface area (Å²) in [5.41, 5.74) is 1.14. The van der Waals surface area contributed by atoms with Gasteiger partial charge in [0.15, 0.2) is 0 Å². The lowest BCUT2D eigenvalue weighted by Gasteiger charge is -2.21. The van der Waals surface area contributed by atoms with Crippen LogP contribution in [0.3, 0.4) is 0 Å². The van der Waals surface area contributed by atoms with E-state index in [0.29, 0.717) is 17.7 Å². The Kier molecular flexibility index (Phi) is 8.26. The molecule has 4 heteroatoms. The first-order valence-electron chi connectivity index (χ1n) is 8.31. The summed E-state index contributed by atoms with van der Waals surface area (Å²) in [4.78, 5) is 26.5. The SMILES string of the molecule is CCCCNC(=O)c1cccc(C(=O)N(CCC)CCC)c1. The summed E-state index contributed by atoms with van der Waals surface area (Å²) in [6.07, 6.45) is 3.87. The Balaban J connectivity index is 2.81. The molecule has 1 aromatic carbocycles. The van der Waals surface area contributed by atoms with E-state index < -0.39 is 0 Å². The van der Waals surface area contributed by atoms with Crippen molar-refractivity contribution < 1.29 is 9.59 Å². The molecule has 0 aromatic heterocycles. The number of nitrogens with one attached hydrogen (secondary N) is 1. The van der Waals surface area contributed by atoms with Crippen molar-refractivity contribution in [2.75, 3.05) is 19.6 Å². The number of carbonyl (C=O) groups is 2. The third kappa shape index (κ3) is 5.51. The van der Waals surface area contributed by atoms with Crippen LogP contribution in [0.1, 0.15) is 67.2 Å². The Morgan fingerprint density at radius 3 is 2.23 bits per heavy atom. The van der Waals surface area contributed by atoms with Crippen LogP contribution in [-0.2, 0) is 0 Å². The standard InChI is InChI=1S/C18H28N2O2/c1-4-7-11-19-17(21)15-9-8-10-16(14-15)18(22)20(12-5-2)13-6-3/h8-10,14H,4-7,11-13H2,1-3H3,(H,19,21). The molecule has 0 atom stereocenters. The number of benzene rings is 1. The van der Waals surface area contributed by atoms with Crippen molar-refractivity contribution in [1.82, 2.24) is 10.2 Å². The van der Waals surface area contributed by atoms with Gasteiger partial charge >= 0.3 is 0 Å². The van der Waals surface area contributed by atoms with Crippen LogP contribution in [0.25, 0.3) is 0 Å². The number of carbonyl (C=O) groups excluding carboxylic acids is 2. The van der Waals surface area contributed by atoms with Gasteiger partial charge in [-0.2, -0.15) is 0 Å². The summed E-state index contributed by atoms with van der Waals surface area (Å²) in [6, 6.07) is 7.01. The highest BCUT2D eigenvalue weighted by Gasteiger charge is 2.15. The molecule has 1 N–H and O–H groups in total. The van der Waals surface area contributed by atoms with Crippen LogP contribution in [0.4, 0.5) is 0 Å². The number of rotatable bonds is 9. The lowest BCUT2D eigenvalue weighted by Crippen LogP contribution is -2.32. The molecule has 0 aliphatic rings. The van der Waals surface area contributed by atoms with Crippen molar-refractivity contribution >= 4 is 11.8 Å². The Bertz CT molecular complexity index is 480. The van der Waals surface area contributed by atoms with E-state index >= 15 is 0 Å². The maximum Gasteiger partial charge on any atom is 0.253 e. The van der Waals surface area contributed by atoms with Crippen LogP contribution in [0.5, 0.6) is 0 Å². The van der Waals surface area contributed by atoms with Crippen molar-refractivity contribution in [2.24, 2.45) is 0 Å². The lowest BCUT2D eigenvalue weighted by molar-refractivity contribution is 0.0755. The molecule has 0 saturated carbocycles. The molecule has 0 spiro atoms. The quantitative estimate of drug-likeness (QED) is 0.710. The number of hydrogen-bond acceptors (Lipinski definition) is 2. The number of amides is 2. The largest absolute Gasteiger partial charge is 0.352 e. The molecule has 122 valence electrons. The molecule has 2 amide bonds. The maximum absolute atomic E-state index is 12.6. The summed E-state index contributed by atoms with van der Waals surface area (Å²) >= 11 is 0. The Labute approximate surface area is 133 Å². The van der Waals surface area contributed by atoms with E-state index in [-0.39, 0.29) is 11.8 Å². The van der Waals surface area contributed by atoms with Crippen LogP contribution in [-0.4, -0.2) is 36.3 Å². The molecule has 0 heterocycles. The molecule has 0 unspecified atom stereocenters. The Morgan fingerprint density at radius 2 is 1.64 bits per heavy atom. The Morgan fingerprint density at radius 1 is 1.00 bits per heavy atom. The highest BCUT2D eigenvalue weighted by atomic mass is 16.2. The highest BCUT2D eigenvalue weighted by Crippen LogP contribution is 2.10. The molecule has 0 bridgehead atoms. The molecule has 4 nitrogen and oxygen atoms in total. The molecule has 0 radical (unpaired) electrons. The molecule has 0 aliphatic heterocycles. The van der Waals surface area contributed by atoms with E-state index in [2.05, 4.69) is 26.1 Å². The van der Waals surface area contributed by atoms with Gasteiger partial charge in [0.2, 0.25) is 0 Å². The summed E-state index contributed by atoms with van der Waals surface area (Å²) in [7, 11) is 0. The predicted molar refractivity (Wildman–Crippen MR) is 90.2 cm³/mol. The van der Waals surface area contributed by atoms with Gasteiger partial charge in [-0.25, -0.2) is 0 Å². The van der Waals surface area contributed by atoms with Crippen LogP contribution in [0.15, 0.2) is 24.3 Å². The third-order valence-electron chi connectivity index (χ3n) is 3.46. The van der Waals surface area contributed by atoms with Crippen molar-refractivity contribution in [3.8, 4) is 0 Å². The second-order valence-electron chi connectivity index (χ2n) is 5.48. The van der Waals surface area contributed by atoms with E-state index in [1.165, 1.54) is 0 Å². The van der Waals surface area contributed by atoms with Gasteiger partial charge in [-0.15, -0.1) is 0 Å². The first-order valence-corrected chi connectivity index (χ1v) is 8.31. The Hall–Kier alpha value is -1.84. The van der Waals surface area contributed by atoms with E-state index in [0.717, 1.165) is 38.8 Å². The van der Waals surface area contributed by atoms with Gasteiger partial charge in [0.25, 0.3) is 11.8 Å². The van der Waals surface area contributed by atoms with Gasteiger partial charge < -0.3 is 10.2 Å². The van der Waals surface area contributed by atoms with Gasteiger partial charge in [-0.1, -0.05) is 33.3 Å². The van der Waals surface area contributed by atoms with Crippen molar-refractivity contribution in [3.63, 3.8) is 0 Å². The second kappa shape index (κ2) is 9.98. The summed E-state index contributed by atoms with van der Waals surface area (Å²) in [5, 5.41) is 2.88. The van der Waals surface area contributed by atoms with Gasteiger partial charge in [-0.3, -0.25) is 9.59 Å². The van der Waals surface area contributed by atoms with Crippen molar-refractivity contribution in [3.05, 3.63) is 35.4 Å². The summed E-state index contributed by atoms with van der Waals surface area (Å²) in [6.45, 7) is 8.38. The lowest BCUT2D eigenvalue weighted by atomic mass is 10.1. The monoisotopic (exact) mass is 304 g/mol. The molecule has 1 aromatic rings. The molecule has 0 fully saturated rings. The van der Waals surface area contributed by atoms with E-state index in [1.807, 2.05) is 4.90 Å². The van der Waals surface area contributed by atoms with Crippen molar-refractivity contribution in [1.29, 1.82) is 0 Å². The van der Waals surface area contributed by atoms with Crippen LogP contribution in [0.2, 0.25) is 0 Å². The summed E-state index contributed by atoms with van der Waals surface area (Å²) < 4.78 is 0. The fourth-order valence-electron chi connectivity index (χ4n) is 2.31. The van der Waals surface area contributed by atoms with Crippen molar-refractivity contribution in [2.45, 2.75) is 46.5 Å². The van der Waals surface area contributed by atoms with Crippen LogP contribution < -0.4 is 5.32 Å². The molecule has 0 aliphatic carbocycles. The molecular formula is C18H28N2O2. The second-order valence-corrected chi connectivity index (χ2v) is 5.48. The number of nitrogens with zero attached hydrogens (tertiary/aromatic N) is 1. The average molecular weight is 304 g/mol. The molecule has 22 heavy (non-hydrogen) atoms. The maximum atomic E-state index is 12.6. The third-order valence-corrected chi connectivity index (χ3v) is 3.46. The normalized spacial score (nSPS) is 10.3. The van der Waals surface area contributed by atoms with E-state index in [4.69, 9.17) is 0 Å². The highest BCUT2D eigenvalue weighted by molar-refractivity contribution is 5.99. The average Bonchev–Trinajstić information content (AvgIpc) is 2.54. The van der Waals surface area contributed by atoms with Crippen LogP contribution in [0, 0.1) is 0 Å². The zero-order valence-electron chi connectivity index (χ0n) is 14.0. The van der Waals surface area contributed by atoms with Gasteiger partial charge in [-0.05, 0) is 37.5 Å². The van der Waals surface area contributed by atoms with Gasteiger partial charge in [0.1, 0.15) is 0 Å². The zero-order valence-corrected chi connectivity index (χ0v) is 14.0. The van der Waals surface area contributed by atoms with Crippen LogP contribution >= 0.6 is 0 Å². The smallest absolute Gasteiger partial charge is 0.253 e. The van der Waals surface area contributed by atoms with Gasteiger partial charge in [0.05, 0.1) is 0 Å². The first kappa shape index (κ1) is 18.2. The number of unbranched alkanes of at least 4 members (excludes halogenated alkanes) is 1. The van der Waals surface area contributed by atoms with E-state index in [1.54, 1.807) is 24.3 Å². The first-order chi connectivity index (χ1) is 10.6. The fourth-order valence-corrected chi connectivity index (χ4v) is 2.31. The zero-order chi connectivity index (χ0) is 16.4. The van der Waals surface area contributed by atoms with E-state index in [9.17, 15) is 9.59 Å². The molecule has 1 rings (SSSR count). The minimum absolute atomic E-state index is 0.00640. The minimum atomic E-state index is -0.111. The topological polar surface area (TPSA) is 49.4 Å². The minimum Gasteiger partial charge on any atom is -0.352 e.